The van der Waals surface area contributed by atoms with E-state index in [-0.39, 0.29) is 23.8 Å². The molecule has 3 aromatic rings. The van der Waals surface area contributed by atoms with Crippen molar-refractivity contribution in [1.82, 2.24) is 0 Å². The van der Waals surface area contributed by atoms with E-state index in [0.717, 1.165) is 28.8 Å². The van der Waals surface area contributed by atoms with E-state index in [1.807, 2.05) is 83.1 Å². The van der Waals surface area contributed by atoms with Crippen molar-refractivity contribution in [3.05, 3.63) is 88.0 Å². The van der Waals surface area contributed by atoms with Crippen molar-refractivity contribution in [2.24, 2.45) is 0 Å². The van der Waals surface area contributed by atoms with Crippen LogP contribution in [0.5, 0.6) is 0 Å². The Morgan fingerprint density at radius 1 is 0.974 bits per heavy atom. The normalized spacial score (nSPS) is 11.1. The van der Waals surface area contributed by atoms with E-state index in [1.54, 1.807) is 24.3 Å². The summed E-state index contributed by atoms with van der Waals surface area (Å²) in [5, 5.41) is 11.9. The van der Waals surface area contributed by atoms with Gasteiger partial charge in [-0.05, 0) is 62.1 Å². The van der Waals surface area contributed by atoms with Crippen LogP contribution in [0.1, 0.15) is 62.9 Å². The fraction of sp³-hybridized carbons (Fsp3) is 0.355. The van der Waals surface area contributed by atoms with Crippen LogP contribution in [0.15, 0.2) is 66.7 Å². The van der Waals surface area contributed by atoms with Gasteiger partial charge in [0.05, 0.1) is 17.0 Å². The largest absolute Gasteiger partial charge is 0.456 e. The molecule has 0 fully saturated rings. The van der Waals surface area contributed by atoms with Gasteiger partial charge in [0.25, 0.3) is 5.69 Å². The lowest BCUT2D eigenvalue weighted by atomic mass is 9.98. The van der Waals surface area contributed by atoms with Gasteiger partial charge in [-0.1, -0.05) is 55.8 Å². The first kappa shape index (κ1) is 29.4. The predicted molar refractivity (Wildman–Crippen MR) is 155 cm³/mol. The first-order valence-electron chi connectivity index (χ1n) is 13.1. The number of hydrogen-bond acceptors (Lipinski definition) is 6. The summed E-state index contributed by atoms with van der Waals surface area (Å²) in [7, 11) is 3.70. The minimum absolute atomic E-state index is 0.117. The van der Waals surface area contributed by atoms with Gasteiger partial charge in [-0.3, -0.25) is 14.9 Å². The third kappa shape index (κ3) is 7.66. The molecule has 206 valence electrons. The number of ether oxygens (including phenoxy) is 1. The molecule has 3 aromatic carbocycles. The maximum Gasteiger partial charge on any atom is 0.339 e. The summed E-state index contributed by atoms with van der Waals surface area (Å²) in [5.41, 5.74) is 3.13. The van der Waals surface area contributed by atoms with Crippen LogP contribution in [0, 0.1) is 10.1 Å². The first-order valence-corrected chi connectivity index (χ1v) is 13.1. The molecule has 0 spiro atoms. The molecule has 0 saturated carbocycles. The minimum Gasteiger partial charge on any atom is -0.456 e. The Morgan fingerprint density at radius 2 is 1.64 bits per heavy atom. The molecule has 0 bridgehead atoms. The number of benzene rings is 3. The van der Waals surface area contributed by atoms with Crippen molar-refractivity contribution in [1.29, 1.82) is 0 Å². The maximum atomic E-state index is 13.3. The highest BCUT2D eigenvalue weighted by molar-refractivity contribution is 5.98. The summed E-state index contributed by atoms with van der Waals surface area (Å²) in [6.07, 6.45) is 1.82. The highest BCUT2D eigenvalue weighted by atomic mass is 16.6. The monoisotopic (exact) mass is 531 g/mol. The van der Waals surface area contributed by atoms with Crippen LogP contribution in [-0.4, -0.2) is 36.5 Å². The van der Waals surface area contributed by atoms with Crippen molar-refractivity contribution >= 4 is 28.9 Å². The maximum absolute atomic E-state index is 13.3. The molecule has 0 unspecified atom stereocenters. The van der Waals surface area contributed by atoms with Crippen molar-refractivity contribution < 1.29 is 19.2 Å². The zero-order valence-electron chi connectivity index (χ0n) is 23.6. The Morgan fingerprint density at radius 3 is 2.23 bits per heavy atom. The van der Waals surface area contributed by atoms with Crippen LogP contribution < -0.4 is 9.80 Å². The lowest BCUT2D eigenvalue weighted by molar-refractivity contribution is -0.384. The second-order valence-corrected chi connectivity index (χ2v) is 10.7. The Kier molecular flexibility index (Phi) is 9.46. The van der Waals surface area contributed by atoms with Crippen LogP contribution in [0.3, 0.4) is 0 Å². The predicted octanol–water partition coefficient (Wildman–Crippen LogP) is 7.01. The molecular formula is C31H37N3O5. The lowest BCUT2D eigenvalue weighted by Crippen LogP contribution is -2.31. The standard InChI is InChI=1S/C31H37N3O5/c1-7-8-13-29(35)33(28-20-24(32(5)6)18-19-27(28)34(37)38)21-22-14-16-23(17-15-22)25-11-9-10-12-26(25)30(36)39-31(2,3)4/h9-12,14-20H,7-8,13,21H2,1-6H3. The number of unbranched alkanes of at least 4 members (excludes halogenated alkanes) is 1. The average Bonchev–Trinajstić information content (AvgIpc) is 2.89. The number of nitro benzene ring substituents is 1. The molecule has 0 aromatic heterocycles. The molecule has 39 heavy (non-hydrogen) atoms. The first-order chi connectivity index (χ1) is 18.4. The van der Waals surface area contributed by atoms with E-state index in [0.29, 0.717) is 18.4 Å². The number of carbonyl (C=O) groups is 2. The van der Waals surface area contributed by atoms with Crippen LogP contribution in [0.25, 0.3) is 11.1 Å². The highest BCUT2D eigenvalue weighted by Gasteiger charge is 2.26. The molecule has 3 rings (SSSR count). The molecule has 0 saturated heterocycles. The van der Waals surface area contributed by atoms with Gasteiger partial charge in [0.2, 0.25) is 5.91 Å². The number of carbonyl (C=O) groups excluding carboxylic acids is 2. The summed E-state index contributed by atoms with van der Waals surface area (Å²) in [6, 6.07) is 19.6. The molecule has 8 heteroatoms. The molecule has 0 radical (unpaired) electrons. The summed E-state index contributed by atoms with van der Waals surface area (Å²) >= 11 is 0. The third-order valence-electron chi connectivity index (χ3n) is 6.16. The Bertz CT molecular complexity index is 1330. The summed E-state index contributed by atoms with van der Waals surface area (Å²) in [5.74, 6) is -0.571. The van der Waals surface area contributed by atoms with Gasteiger partial charge < -0.3 is 14.5 Å². The molecule has 0 aliphatic rings. The highest BCUT2D eigenvalue weighted by Crippen LogP contribution is 2.34. The van der Waals surface area contributed by atoms with Crippen molar-refractivity contribution in [3.8, 4) is 11.1 Å². The van der Waals surface area contributed by atoms with Gasteiger partial charge >= 0.3 is 5.97 Å². The molecule has 0 atom stereocenters. The fourth-order valence-corrected chi connectivity index (χ4v) is 4.15. The summed E-state index contributed by atoms with van der Waals surface area (Å²) in [4.78, 5) is 40.9. The zero-order chi connectivity index (χ0) is 28.7. The molecule has 8 nitrogen and oxygen atoms in total. The van der Waals surface area contributed by atoms with Gasteiger partial charge in [0.15, 0.2) is 0 Å². The topological polar surface area (TPSA) is 93.0 Å². The van der Waals surface area contributed by atoms with E-state index in [1.165, 1.54) is 11.0 Å². The quantitative estimate of drug-likeness (QED) is 0.159. The third-order valence-corrected chi connectivity index (χ3v) is 6.16. The Labute approximate surface area is 230 Å². The van der Waals surface area contributed by atoms with Crippen LogP contribution in [-0.2, 0) is 16.1 Å². The SMILES string of the molecule is CCCCC(=O)N(Cc1ccc(-c2ccccc2C(=O)OC(C)(C)C)cc1)c1cc(N(C)C)ccc1[N+](=O)[O-]. The number of nitrogens with zero attached hydrogens (tertiary/aromatic N) is 3. The van der Waals surface area contributed by atoms with Gasteiger partial charge in [-0.15, -0.1) is 0 Å². The van der Waals surface area contributed by atoms with Crippen molar-refractivity contribution in [2.75, 3.05) is 23.9 Å². The lowest BCUT2D eigenvalue weighted by Gasteiger charge is -2.25. The van der Waals surface area contributed by atoms with E-state index in [9.17, 15) is 19.7 Å². The van der Waals surface area contributed by atoms with E-state index in [2.05, 4.69) is 0 Å². The van der Waals surface area contributed by atoms with Crippen LogP contribution in [0.2, 0.25) is 0 Å². The number of amides is 1. The molecule has 1 amide bonds. The van der Waals surface area contributed by atoms with Gasteiger partial charge in [0.1, 0.15) is 11.3 Å². The fourth-order valence-electron chi connectivity index (χ4n) is 4.15. The smallest absolute Gasteiger partial charge is 0.339 e. The van der Waals surface area contributed by atoms with Gasteiger partial charge in [-0.25, -0.2) is 4.79 Å². The zero-order valence-corrected chi connectivity index (χ0v) is 23.6. The van der Waals surface area contributed by atoms with Crippen LogP contribution >= 0.6 is 0 Å². The number of anilines is 2. The second kappa shape index (κ2) is 12.6. The number of nitro groups is 1. The Balaban J connectivity index is 1.98. The van der Waals surface area contributed by atoms with Gasteiger partial charge in [0, 0.05) is 32.3 Å². The molecule has 0 heterocycles. The number of hydrogen-bond donors (Lipinski definition) is 0. The second-order valence-electron chi connectivity index (χ2n) is 10.7. The van der Waals surface area contributed by atoms with E-state index in [4.69, 9.17) is 4.74 Å². The molecule has 0 aliphatic carbocycles. The number of esters is 1. The minimum atomic E-state index is -0.617. The summed E-state index contributed by atoms with van der Waals surface area (Å²) in [6.45, 7) is 7.66. The van der Waals surface area contributed by atoms with E-state index >= 15 is 0 Å². The average molecular weight is 532 g/mol. The van der Waals surface area contributed by atoms with Crippen molar-refractivity contribution in [3.63, 3.8) is 0 Å². The number of rotatable bonds is 10. The van der Waals surface area contributed by atoms with Gasteiger partial charge in [-0.2, -0.15) is 0 Å². The molecule has 0 aliphatic heterocycles. The van der Waals surface area contributed by atoms with E-state index < -0.39 is 16.5 Å². The molecule has 0 N–H and O–H groups in total. The Hall–Kier alpha value is -4.20. The summed E-state index contributed by atoms with van der Waals surface area (Å²) < 4.78 is 5.59. The van der Waals surface area contributed by atoms with Crippen LogP contribution in [0.4, 0.5) is 17.1 Å². The van der Waals surface area contributed by atoms with Crippen molar-refractivity contribution in [2.45, 2.75) is 59.1 Å². The molecular weight excluding hydrogens is 494 g/mol.